The van der Waals surface area contributed by atoms with E-state index >= 15 is 0 Å². The van der Waals surface area contributed by atoms with Crippen molar-refractivity contribution in [2.75, 3.05) is 6.61 Å². The zero-order valence-electron chi connectivity index (χ0n) is 11.1. The van der Waals surface area contributed by atoms with Gasteiger partial charge in [0.05, 0.1) is 25.1 Å². The molecule has 1 fully saturated rings. The Labute approximate surface area is 123 Å². The minimum Gasteiger partial charge on any atom is -0.394 e. The molecule has 4 N–H and O–H groups in total. The Morgan fingerprint density at radius 1 is 1.64 bits per heavy atom. The number of azide groups is 1. The Bertz CT molecular complexity index is 626. The normalized spacial score (nSPS) is 36.7. The minimum atomic E-state index is -1.25. The highest BCUT2D eigenvalue weighted by Gasteiger charge is 2.49. The molecule has 0 radical (unpaired) electrons. The van der Waals surface area contributed by atoms with Gasteiger partial charge in [0.2, 0.25) is 5.96 Å². The third-order valence-electron chi connectivity index (χ3n) is 3.54. The molecule has 0 aromatic carbocycles. The average molecular weight is 308 g/mol. The van der Waals surface area contributed by atoms with Crippen LogP contribution >= 0.6 is 0 Å². The molecule has 0 aliphatic carbocycles. The Balaban J connectivity index is 1.89. The molecule has 1 amide bonds. The van der Waals surface area contributed by atoms with E-state index in [1.165, 1.54) is 11.2 Å². The summed E-state index contributed by atoms with van der Waals surface area (Å²) < 4.78 is 5.48. The lowest BCUT2D eigenvalue weighted by atomic mass is 10.1. The third kappa shape index (κ3) is 2.10. The summed E-state index contributed by atoms with van der Waals surface area (Å²) in [7, 11) is 0. The predicted octanol–water partition coefficient (Wildman–Crippen LogP) is -2.08. The van der Waals surface area contributed by atoms with Crippen molar-refractivity contribution in [3.8, 4) is 0 Å². The SMILES string of the molecule is [N-]=[N+]=N[C@H]1[C@@H](O)[C@H](N2C=NC3C(=O)NC(=N)N=C32)O[C@@H]1CO. The lowest BCUT2D eigenvalue weighted by molar-refractivity contribution is -0.119. The van der Waals surface area contributed by atoms with Crippen LogP contribution < -0.4 is 5.32 Å². The molecular weight excluding hydrogens is 296 g/mol. The van der Waals surface area contributed by atoms with E-state index in [0.29, 0.717) is 0 Å². The van der Waals surface area contributed by atoms with Crippen molar-refractivity contribution in [1.29, 1.82) is 5.41 Å². The van der Waals surface area contributed by atoms with Crippen LogP contribution in [-0.4, -0.2) is 76.3 Å². The summed E-state index contributed by atoms with van der Waals surface area (Å²) in [6, 6.07) is -1.90. The van der Waals surface area contributed by atoms with Crippen LogP contribution in [0.2, 0.25) is 0 Å². The van der Waals surface area contributed by atoms with Crippen LogP contribution in [0.25, 0.3) is 10.4 Å². The van der Waals surface area contributed by atoms with Crippen LogP contribution in [0, 0.1) is 5.41 Å². The quantitative estimate of drug-likeness (QED) is 0.265. The Morgan fingerprint density at radius 3 is 3.09 bits per heavy atom. The predicted molar refractivity (Wildman–Crippen MR) is 72.1 cm³/mol. The number of fused-ring (bicyclic) bond motifs is 1. The number of carbonyl (C=O) groups excluding carboxylic acids is 1. The molecule has 12 heteroatoms. The molecule has 116 valence electrons. The maximum absolute atomic E-state index is 11.7. The lowest BCUT2D eigenvalue weighted by Crippen LogP contribution is -2.53. The van der Waals surface area contributed by atoms with E-state index in [2.05, 4.69) is 25.3 Å². The van der Waals surface area contributed by atoms with Gasteiger partial charge >= 0.3 is 0 Å². The van der Waals surface area contributed by atoms with Crippen molar-refractivity contribution in [2.24, 2.45) is 15.1 Å². The monoisotopic (exact) mass is 308 g/mol. The van der Waals surface area contributed by atoms with E-state index in [9.17, 15) is 15.0 Å². The van der Waals surface area contributed by atoms with Crippen LogP contribution in [0.3, 0.4) is 0 Å². The first-order valence-corrected chi connectivity index (χ1v) is 6.35. The zero-order valence-corrected chi connectivity index (χ0v) is 11.1. The number of amides is 1. The van der Waals surface area contributed by atoms with Gasteiger partial charge < -0.3 is 14.9 Å². The number of rotatable bonds is 3. The van der Waals surface area contributed by atoms with Gasteiger partial charge in [-0.25, -0.2) is 0 Å². The number of nitrogens with zero attached hydrogens (tertiary/aromatic N) is 6. The highest BCUT2D eigenvalue weighted by atomic mass is 16.5. The Morgan fingerprint density at radius 2 is 2.41 bits per heavy atom. The van der Waals surface area contributed by atoms with E-state index < -0.39 is 43.0 Å². The van der Waals surface area contributed by atoms with Gasteiger partial charge in [0, 0.05) is 4.91 Å². The first-order chi connectivity index (χ1) is 10.6. The third-order valence-corrected chi connectivity index (χ3v) is 3.54. The Hall–Kier alpha value is -2.53. The van der Waals surface area contributed by atoms with Gasteiger partial charge in [0.1, 0.15) is 6.10 Å². The van der Waals surface area contributed by atoms with Gasteiger partial charge in [-0.2, -0.15) is 4.99 Å². The number of amidine groups is 1. The van der Waals surface area contributed by atoms with Gasteiger partial charge in [-0.05, 0) is 5.53 Å². The fourth-order valence-corrected chi connectivity index (χ4v) is 2.55. The number of aliphatic imine (C=N–C) groups is 2. The number of nitrogens with one attached hydrogen (secondary N) is 2. The van der Waals surface area contributed by atoms with E-state index in [-0.39, 0.29) is 11.8 Å². The van der Waals surface area contributed by atoms with Gasteiger partial charge in [-0.1, -0.05) is 5.11 Å². The summed E-state index contributed by atoms with van der Waals surface area (Å²) in [4.78, 5) is 23.5. The van der Waals surface area contributed by atoms with Gasteiger partial charge in [0.15, 0.2) is 18.1 Å². The molecule has 3 aliphatic heterocycles. The molecule has 5 atom stereocenters. The number of ether oxygens (including phenoxy) is 1. The number of hydrogen-bond donors (Lipinski definition) is 4. The number of carbonyl (C=O) groups is 1. The van der Waals surface area contributed by atoms with Gasteiger partial charge in [-0.15, -0.1) is 0 Å². The molecule has 0 bridgehead atoms. The molecule has 12 nitrogen and oxygen atoms in total. The molecule has 3 rings (SSSR count). The summed E-state index contributed by atoms with van der Waals surface area (Å²) in [5.41, 5.74) is 8.53. The second-order valence-corrected chi connectivity index (χ2v) is 4.82. The average Bonchev–Trinajstić information content (AvgIpc) is 3.02. The Kier molecular flexibility index (Phi) is 3.50. The molecule has 0 spiro atoms. The van der Waals surface area contributed by atoms with Crippen molar-refractivity contribution in [1.82, 2.24) is 10.2 Å². The molecule has 0 aromatic rings. The molecular formula is C10H12N8O4. The first kappa shape index (κ1) is 14.4. The fourth-order valence-electron chi connectivity index (χ4n) is 2.55. The van der Waals surface area contributed by atoms with Crippen LogP contribution in [0.5, 0.6) is 0 Å². The van der Waals surface area contributed by atoms with Crippen molar-refractivity contribution in [2.45, 2.75) is 30.5 Å². The van der Waals surface area contributed by atoms with Crippen molar-refractivity contribution in [3.05, 3.63) is 10.4 Å². The van der Waals surface area contributed by atoms with Crippen molar-refractivity contribution in [3.63, 3.8) is 0 Å². The fraction of sp³-hybridized carbons (Fsp3) is 0.600. The summed E-state index contributed by atoms with van der Waals surface area (Å²) >= 11 is 0. The van der Waals surface area contributed by atoms with Crippen molar-refractivity contribution < 1.29 is 19.7 Å². The van der Waals surface area contributed by atoms with E-state index in [1.807, 2.05) is 0 Å². The number of hydrogen-bond acceptors (Lipinski definition) is 8. The first-order valence-electron chi connectivity index (χ1n) is 6.35. The summed E-state index contributed by atoms with van der Waals surface area (Å²) in [5, 5.41) is 32.6. The van der Waals surface area contributed by atoms with E-state index in [1.54, 1.807) is 0 Å². The van der Waals surface area contributed by atoms with Crippen LogP contribution in [0.4, 0.5) is 0 Å². The zero-order chi connectivity index (χ0) is 15.9. The highest BCUT2D eigenvalue weighted by molar-refractivity contribution is 6.23. The summed E-state index contributed by atoms with van der Waals surface area (Å²) in [5.74, 6) is -0.716. The maximum atomic E-state index is 11.7. The van der Waals surface area contributed by atoms with E-state index in [4.69, 9.17) is 15.7 Å². The molecule has 3 heterocycles. The van der Waals surface area contributed by atoms with Gasteiger partial charge in [-0.3, -0.25) is 25.4 Å². The highest BCUT2D eigenvalue weighted by Crippen LogP contribution is 2.29. The van der Waals surface area contributed by atoms with Gasteiger partial charge in [0.25, 0.3) is 5.91 Å². The van der Waals surface area contributed by atoms with Crippen LogP contribution in [0.1, 0.15) is 0 Å². The molecule has 0 aromatic heterocycles. The van der Waals surface area contributed by atoms with Crippen LogP contribution in [0.15, 0.2) is 15.1 Å². The summed E-state index contributed by atoms with van der Waals surface area (Å²) in [6.07, 6.45) is -1.90. The molecule has 1 saturated heterocycles. The lowest BCUT2D eigenvalue weighted by Gasteiger charge is -2.28. The summed E-state index contributed by atoms with van der Waals surface area (Å²) in [6.45, 7) is -0.450. The van der Waals surface area contributed by atoms with Crippen molar-refractivity contribution >= 4 is 24.0 Å². The minimum absolute atomic E-state index is 0.135. The van der Waals surface area contributed by atoms with E-state index in [0.717, 1.165) is 0 Å². The maximum Gasteiger partial charge on any atom is 0.259 e. The topological polar surface area (TPSA) is 179 Å². The smallest absolute Gasteiger partial charge is 0.259 e. The molecule has 1 unspecified atom stereocenters. The largest absolute Gasteiger partial charge is 0.394 e. The number of aliphatic hydroxyl groups excluding tert-OH is 2. The molecule has 3 aliphatic rings. The number of aliphatic hydroxyl groups is 2. The van der Waals surface area contributed by atoms with Crippen LogP contribution in [-0.2, 0) is 9.53 Å². The second kappa shape index (κ2) is 5.35. The number of guanidine groups is 1. The molecule has 22 heavy (non-hydrogen) atoms. The standard InChI is InChI=1S/C10H12N8O4/c11-10-14-7-5(8(21)15-10)13-2-18(7)9-6(20)4(16-17-12)3(1-19)22-9/h2-6,9,19-20H,1H2,(H2,11,15,21)/t3-,4-,5?,6-,9-/m1/s1. The second-order valence-electron chi connectivity index (χ2n) is 4.82. The molecule has 0 saturated carbocycles.